The highest BCUT2D eigenvalue weighted by molar-refractivity contribution is 14.1. The first-order chi connectivity index (χ1) is 6.25. The van der Waals surface area contributed by atoms with Gasteiger partial charge in [0.1, 0.15) is 5.82 Å². The summed E-state index contributed by atoms with van der Waals surface area (Å²) in [6.07, 6.45) is 0.423. The molecule has 0 aliphatic carbocycles. The van der Waals surface area contributed by atoms with E-state index in [0.29, 0.717) is 16.5 Å². The van der Waals surface area contributed by atoms with Crippen molar-refractivity contribution >= 4 is 28.3 Å². The Morgan fingerprint density at radius 2 is 2.31 bits per heavy atom. The van der Waals surface area contributed by atoms with Crippen molar-refractivity contribution in [2.75, 3.05) is 11.9 Å². The predicted octanol–water partition coefficient (Wildman–Crippen LogP) is 2.76. The summed E-state index contributed by atoms with van der Waals surface area (Å²) in [7, 11) is 0. The number of hydrogen-bond donors (Lipinski definition) is 1. The third-order valence-electron chi connectivity index (χ3n) is 1.50. The van der Waals surface area contributed by atoms with E-state index in [2.05, 4.69) is 5.32 Å². The summed E-state index contributed by atoms with van der Waals surface area (Å²) in [6.45, 7) is 0.552. The van der Waals surface area contributed by atoms with E-state index >= 15 is 0 Å². The molecule has 0 heterocycles. The molecule has 1 rings (SSSR count). The van der Waals surface area contributed by atoms with Crippen LogP contribution < -0.4 is 5.32 Å². The number of benzene rings is 1. The van der Waals surface area contributed by atoms with E-state index in [4.69, 9.17) is 5.26 Å². The normalized spacial score (nSPS) is 9.31. The molecule has 4 heteroatoms. The maximum atomic E-state index is 13.0. The van der Waals surface area contributed by atoms with Crippen LogP contribution >= 0.6 is 22.6 Å². The second kappa shape index (κ2) is 5.02. The molecule has 13 heavy (non-hydrogen) atoms. The van der Waals surface area contributed by atoms with Crippen LogP contribution in [0.1, 0.15) is 6.42 Å². The molecule has 2 nitrogen and oxygen atoms in total. The molecule has 0 aromatic heterocycles. The largest absolute Gasteiger partial charge is 0.383 e. The van der Waals surface area contributed by atoms with Gasteiger partial charge in [-0.3, -0.25) is 0 Å². The first kappa shape index (κ1) is 10.3. The van der Waals surface area contributed by atoms with E-state index in [1.54, 1.807) is 12.1 Å². The summed E-state index contributed by atoms with van der Waals surface area (Å²) in [6, 6.07) is 6.87. The van der Waals surface area contributed by atoms with E-state index in [1.807, 2.05) is 28.7 Å². The minimum atomic E-state index is -0.234. The number of halogens is 2. The van der Waals surface area contributed by atoms with Gasteiger partial charge in [-0.25, -0.2) is 4.39 Å². The molecule has 68 valence electrons. The van der Waals surface area contributed by atoms with Gasteiger partial charge in [-0.05, 0) is 34.7 Å². The Balaban J connectivity index is 2.67. The lowest BCUT2D eigenvalue weighted by molar-refractivity contribution is 0.621. The standard InChI is InChI=1S/C9H8FIN2/c10-7-3-1-4-8(9(7)11)13-6-2-5-12/h1,3-4,13H,2,6H2. The maximum Gasteiger partial charge on any atom is 0.138 e. The van der Waals surface area contributed by atoms with E-state index in [-0.39, 0.29) is 5.82 Å². The molecule has 1 aromatic carbocycles. The van der Waals surface area contributed by atoms with Gasteiger partial charge in [0.15, 0.2) is 0 Å². The first-order valence-electron chi connectivity index (χ1n) is 3.80. The van der Waals surface area contributed by atoms with Gasteiger partial charge in [0.2, 0.25) is 0 Å². The van der Waals surface area contributed by atoms with Crippen LogP contribution in [-0.4, -0.2) is 6.54 Å². The molecule has 0 saturated carbocycles. The number of nitrogens with zero attached hydrogens (tertiary/aromatic N) is 1. The zero-order valence-electron chi connectivity index (χ0n) is 6.85. The number of hydrogen-bond acceptors (Lipinski definition) is 2. The molecular weight excluding hydrogens is 282 g/mol. The molecule has 1 aromatic rings. The lowest BCUT2D eigenvalue weighted by Crippen LogP contribution is -2.02. The SMILES string of the molecule is N#CCCNc1cccc(F)c1I. The van der Waals surface area contributed by atoms with Crippen LogP contribution in [0.25, 0.3) is 0 Å². The molecule has 0 fully saturated rings. The van der Waals surface area contributed by atoms with Crippen LogP contribution in [-0.2, 0) is 0 Å². The Labute approximate surface area is 89.9 Å². The van der Waals surface area contributed by atoms with Gasteiger partial charge >= 0.3 is 0 Å². The van der Waals surface area contributed by atoms with Crippen molar-refractivity contribution in [3.8, 4) is 6.07 Å². The Morgan fingerprint density at radius 3 is 3.00 bits per heavy atom. The molecule has 0 atom stereocenters. The van der Waals surface area contributed by atoms with Gasteiger partial charge in [0.05, 0.1) is 21.7 Å². The highest BCUT2D eigenvalue weighted by atomic mass is 127. The molecule has 0 saturated heterocycles. The number of rotatable bonds is 3. The predicted molar refractivity (Wildman–Crippen MR) is 57.8 cm³/mol. The maximum absolute atomic E-state index is 13.0. The molecule has 1 N–H and O–H groups in total. The lowest BCUT2D eigenvalue weighted by atomic mass is 10.3. The molecule has 0 amide bonds. The first-order valence-corrected chi connectivity index (χ1v) is 4.88. The molecule has 0 aliphatic heterocycles. The average molecular weight is 290 g/mol. The zero-order chi connectivity index (χ0) is 9.68. The second-order valence-electron chi connectivity index (χ2n) is 2.44. The van der Waals surface area contributed by atoms with Gasteiger partial charge in [-0.15, -0.1) is 0 Å². The van der Waals surface area contributed by atoms with E-state index in [9.17, 15) is 4.39 Å². The smallest absolute Gasteiger partial charge is 0.138 e. The number of nitrogens with one attached hydrogen (secondary N) is 1. The topological polar surface area (TPSA) is 35.8 Å². The minimum Gasteiger partial charge on any atom is -0.383 e. The van der Waals surface area contributed by atoms with Crippen LogP contribution in [0.2, 0.25) is 0 Å². The van der Waals surface area contributed by atoms with E-state index in [1.165, 1.54) is 6.07 Å². The Morgan fingerprint density at radius 1 is 1.54 bits per heavy atom. The van der Waals surface area contributed by atoms with Crippen LogP contribution in [0.5, 0.6) is 0 Å². The van der Waals surface area contributed by atoms with Crippen molar-refractivity contribution < 1.29 is 4.39 Å². The van der Waals surface area contributed by atoms with Gasteiger partial charge in [-0.2, -0.15) is 5.26 Å². The van der Waals surface area contributed by atoms with Crippen LogP contribution in [0.15, 0.2) is 18.2 Å². The molecule has 0 radical (unpaired) electrons. The summed E-state index contributed by atoms with van der Waals surface area (Å²) in [4.78, 5) is 0. The second-order valence-corrected chi connectivity index (χ2v) is 3.52. The minimum absolute atomic E-state index is 0.234. The van der Waals surface area contributed by atoms with Crippen molar-refractivity contribution in [2.45, 2.75) is 6.42 Å². The summed E-state index contributed by atoms with van der Waals surface area (Å²) in [5, 5.41) is 11.3. The van der Waals surface area contributed by atoms with Gasteiger partial charge in [0.25, 0.3) is 0 Å². The van der Waals surface area contributed by atoms with Gasteiger partial charge in [0, 0.05) is 6.54 Å². The number of nitriles is 1. The van der Waals surface area contributed by atoms with Crippen LogP contribution in [0.3, 0.4) is 0 Å². The van der Waals surface area contributed by atoms with Crippen molar-refractivity contribution in [3.05, 3.63) is 27.6 Å². The van der Waals surface area contributed by atoms with Crippen molar-refractivity contribution in [3.63, 3.8) is 0 Å². The third-order valence-corrected chi connectivity index (χ3v) is 2.60. The molecule has 0 unspecified atom stereocenters. The van der Waals surface area contributed by atoms with Crippen molar-refractivity contribution in [1.82, 2.24) is 0 Å². The molecule has 0 bridgehead atoms. The van der Waals surface area contributed by atoms with E-state index in [0.717, 1.165) is 5.69 Å². The Kier molecular flexibility index (Phi) is 3.96. The summed E-state index contributed by atoms with van der Waals surface area (Å²) < 4.78 is 13.5. The quantitative estimate of drug-likeness (QED) is 0.686. The van der Waals surface area contributed by atoms with Crippen LogP contribution in [0.4, 0.5) is 10.1 Å². The van der Waals surface area contributed by atoms with Crippen molar-refractivity contribution in [2.24, 2.45) is 0 Å². The fourth-order valence-electron chi connectivity index (χ4n) is 0.893. The van der Waals surface area contributed by atoms with Gasteiger partial charge in [-0.1, -0.05) is 6.07 Å². The Hall–Kier alpha value is -0.830. The molecular formula is C9H8FIN2. The van der Waals surface area contributed by atoms with Crippen LogP contribution in [0, 0.1) is 20.7 Å². The van der Waals surface area contributed by atoms with E-state index < -0.39 is 0 Å². The summed E-state index contributed by atoms with van der Waals surface area (Å²) in [5.74, 6) is -0.234. The fraction of sp³-hybridized carbons (Fsp3) is 0.222. The molecule has 0 spiro atoms. The summed E-state index contributed by atoms with van der Waals surface area (Å²) in [5.41, 5.74) is 0.746. The lowest BCUT2D eigenvalue weighted by Gasteiger charge is -2.06. The highest BCUT2D eigenvalue weighted by Crippen LogP contribution is 2.20. The van der Waals surface area contributed by atoms with Crippen molar-refractivity contribution in [1.29, 1.82) is 5.26 Å². The monoisotopic (exact) mass is 290 g/mol. The fourth-order valence-corrected chi connectivity index (χ4v) is 1.44. The van der Waals surface area contributed by atoms with Gasteiger partial charge < -0.3 is 5.32 Å². The third kappa shape index (κ3) is 2.84. The highest BCUT2D eigenvalue weighted by Gasteiger charge is 2.02. The Bertz CT molecular complexity index is 333. The average Bonchev–Trinajstić information content (AvgIpc) is 2.13. The summed E-state index contributed by atoms with van der Waals surface area (Å²) >= 11 is 1.94. The molecule has 0 aliphatic rings. The zero-order valence-corrected chi connectivity index (χ0v) is 9.01. The number of anilines is 1.